The molecule has 0 aliphatic rings. The molecule has 0 heterocycles. The Balaban J connectivity index is 2.18. The van der Waals surface area contributed by atoms with Gasteiger partial charge >= 0.3 is 0 Å². The van der Waals surface area contributed by atoms with Crippen LogP contribution in [-0.2, 0) is 28.8 Å². The summed E-state index contributed by atoms with van der Waals surface area (Å²) in [6.45, 7) is 14.1. The van der Waals surface area contributed by atoms with Crippen molar-refractivity contribution >= 4 is 46.1 Å². The molecule has 246 valence electrons. The number of benzene rings is 2. The highest BCUT2D eigenvalue weighted by atomic mass is 16.2. The van der Waals surface area contributed by atoms with Crippen molar-refractivity contribution in [2.24, 2.45) is 10.8 Å². The van der Waals surface area contributed by atoms with Gasteiger partial charge in [-0.25, -0.2) is 0 Å². The third-order valence-electron chi connectivity index (χ3n) is 7.25. The van der Waals surface area contributed by atoms with Gasteiger partial charge in [-0.05, 0) is 41.0 Å². The van der Waals surface area contributed by atoms with Crippen LogP contribution in [0.3, 0.4) is 0 Å². The van der Waals surface area contributed by atoms with Crippen LogP contribution in [-0.4, -0.2) is 72.4 Å². The van der Waals surface area contributed by atoms with Crippen molar-refractivity contribution in [1.29, 1.82) is 0 Å². The normalized spacial score (nSPS) is 14.4. The summed E-state index contributed by atoms with van der Waals surface area (Å²) in [6, 6.07) is 9.25. The van der Waals surface area contributed by atoms with Crippen molar-refractivity contribution in [2.75, 3.05) is 14.1 Å². The van der Waals surface area contributed by atoms with Gasteiger partial charge in [-0.3, -0.25) is 28.8 Å². The molecule has 0 aliphatic carbocycles. The lowest BCUT2D eigenvalue weighted by molar-refractivity contribution is -0.141. The van der Waals surface area contributed by atoms with E-state index in [2.05, 4.69) is 21.3 Å². The van der Waals surface area contributed by atoms with Gasteiger partial charge in [0.25, 0.3) is 5.91 Å². The highest BCUT2D eigenvalue weighted by Gasteiger charge is 2.37. The predicted octanol–water partition coefficient (Wildman–Crippen LogP) is 3.02. The number of hydrogen-bond acceptors (Lipinski definition) is 6. The molecule has 2 aromatic carbocycles. The molecule has 2 aromatic rings. The number of carbonyl (C=O) groups is 6. The molecule has 0 bridgehead atoms. The van der Waals surface area contributed by atoms with Crippen molar-refractivity contribution in [3.8, 4) is 0 Å². The number of hydrogen-bond donors (Lipinski definition) is 4. The first kappa shape index (κ1) is 36.9. The van der Waals surface area contributed by atoms with Crippen LogP contribution in [0.4, 0.5) is 0 Å². The summed E-state index contributed by atoms with van der Waals surface area (Å²) in [6.07, 6.45) is -0.223. The first-order valence-corrected chi connectivity index (χ1v) is 15.1. The molecule has 1 unspecified atom stereocenters. The van der Waals surface area contributed by atoms with Crippen LogP contribution in [0.15, 0.2) is 42.5 Å². The van der Waals surface area contributed by atoms with Crippen molar-refractivity contribution in [2.45, 2.75) is 92.4 Å². The molecular weight excluding hydrogens is 574 g/mol. The van der Waals surface area contributed by atoms with E-state index in [9.17, 15) is 28.8 Å². The number of nitrogens with zero attached hydrogens (tertiary/aromatic N) is 1. The van der Waals surface area contributed by atoms with E-state index in [1.54, 1.807) is 27.7 Å². The second-order valence-corrected chi connectivity index (χ2v) is 14.0. The molecule has 11 nitrogen and oxygen atoms in total. The Hall–Kier alpha value is -4.28. The van der Waals surface area contributed by atoms with Gasteiger partial charge in [0.15, 0.2) is 0 Å². The van der Waals surface area contributed by atoms with Gasteiger partial charge in [0.1, 0.15) is 12.1 Å². The number of rotatable bonds is 12. The van der Waals surface area contributed by atoms with E-state index in [1.165, 1.54) is 25.9 Å². The minimum atomic E-state index is -1.37. The van der Waals surface area contributed by atoms with Crippen molar-refractivity contribution < 1.29 is 28.8 Å². The molecule has 0 saturated heterocycles. The molecular formula is C34H49N5O6. The predicted molar refractivity (Wildman–Crippen MR) is 174 cm³/mol. The number of carbonyl (C=O) groups excluding carboxylic acids is 6. The first-order chi connectivity index (χ1) is 20.7. The van der Waals surface area contributed by atoms with Crippen LogP contribution in [0.5, 0.6) is 0 Å². The summed E-state index contributed by atoms with van der Waals surface area (Å²) in [5, 5.41) is 12.5. The lowest BCUT2D eigenvalue weighted by Crippen LogP contribution is -2.59. The van der Waals surface area contributed by atoms with E-state index in [0.717, 1.165) is 16.3 Å². The second-order valence-electron chi connectivity index (χ2n) is 14.0. The average molecular weight is 624 g/mol. The maximum atomic E-state index is 13.5. The fourth-order valence-corrected chi connectivity index (χ4v) is 4.74. The Morgan fingerprint density at radius 1 is 0.756 bits per heavy atom. The minimum Gasteiger partial charge on any atom is -0.349 e. The molecule has 5 amide bonds. The number of fused-ring (bicyclic) bond motifs is 1. The zero-order chi connectivity index (χ0) is 34.3. The smallest absolute Gasteiger partial charge is 0.290 e. The number of ketones is 1. The molecule has 4 N–H and O–H groups in total. The molecule has 0 radical (unpaired) electrons. The van der Waals surface area contributed by atoms with E-state index >= 15 is 0 Å². The summed E-state index contributed by atoms with van der Waals surface area (Å²) in [5.41, 5.74) is -0.212. The molecule has 0 aromatic heterocycles. The first-order valence-electron chi connectivity index (χ1n) is 15.1. The highest BCUT2D eigenvalue weighted by Crippen LogP contribution is 2.25. The van der Waals surface area contributed by atoms with Gasteiger partial charge in [0.05, 0.1) is 18.5 Å². The van der Waals surface area contributed by atoms with Gasteiger partial charge < -0.3 is 26.2 Å². The number of amides is 5. The molecule has 0 spiro atoms. The van der Waals surface area contributed by atoms with Crippen molar-refractivity contribution in [3.63, 3.8) is 0 Å². The quantitative estimate of drug-likeness (QED) is 0.267. The van der Waals surface area contributed by atoms with Crippen LogP contribution in [0, 0.1) is 10.8 Å². The Kier molecular flexibility index (Phi) is 12.4. The SMILES string of the molecule is CC(NC(=O)[C@H](CC(=O)N(C)C)NC(=O)[C@@H](NC(=O)CC(C)(C)C)C(C)(C)C)C(=O)C(=O)N[C@H](C)c1cccc2ccccc12. The largest absolute Gasteiger partial charge is 0.349 e. The molecule has 11 heteroatoms. The zero-order valence-electron chi connectivity index (χ0n) is 28.2. The number of Topliss-reactive ketones (excluding diaryl/α,β-unsaturated/α-hetero) is 1. The van der Waals surface area contributed by atoms with E-state index in [4.69, 9.17) is 0 Å². The molecule has 0 fully saturated rings. The lowest BCUT2D eigenvalue weighted by Gasteiger charge is -2.33. The fourth-order valence-electron chi connectivity index (χ4n) is 4.74. The van der Waals surface area contributed by atoms with Gasteiger partial charge in [0.2, 0.25) is 29.4 Å². The van der Waals surface area contributed by atoms with E-state index < -0.39 is 65.4 Å². The van der Waals surface area contributed by atoms with Crippen LogP contribution in [0.2, 0.25) is 0 Å². The summed E-state index contributed by atoms with van der Waals surface area (Å²) in [4.78, 5) is 79.4. The molecule has 2 rings (SSSR count). The van der Waals surface area contributed by atoms with Crippen LogP contribution in [0.25, 0.3) is 10.8 Å². The monoisotopic (exact) mass is 623 g/mol. The average Bonchev–Trinajstić information content (AvgIpc) is 2.92. The van der Waals surface area contributed by atoms with Crippen LogP contribution in [0.1, 0.15) is 79.8 Å². The topological polar surface area (TPSA) is 154 Å². The summed E-state index contributed by atoms with van der Waals surface area (Å²) in [7, 11) is 3.02. The van der Waals surface area contributed by atoms with Crippen LogP contribution < -0.4 is 21.3 Å². The maximum Gasteiger partial charge on any atom is 0.290 e. The minimum absolute atomic E-state index is 0.177. The van der Waals surface area contributed by atoms with E-state index in [-0.39, 0.29) is 17.7 Å². The standard InChI is InChI=1S/C34H49N5O6/c1-20(23-17-13-15-22-14-11-12-16-24(22)23)35-31(44)28(42)21(2)36-30(43)25(18-27(41)39(9)10)37-32(45)29(34(6,7)8)38-26(40)19-33(3,4)5/h11-17,20-21,25,29H,18-19H2,1-10H3,(H,35,44)(H,36,43)(H,37,45)(H,38,40)/t20-,21?,25+,29-/m1/s1. The van der Waals surface area contributed by atoms with E-state index in [1.807, 2.05) is 63.2 Å². The Bertz CT molecular complexity index is 1420. The maximum absolute atomic E-state index is 13.5. The van der Waals surface area contributed by atoms with Crippen molar-refractivity contribution in [1.82, 2.24) is 26.2 Å². The second kappa shape index (κ2) is 15.1. The molecule has 45 heavy (non-hydrogen) atoms. The lowest BCUT2D eigenvalue weighted by atomic mass is 9.85. The third-order valence-corrected chi connectivity index (χ3v) is 7.25. The number of nitrogens with one attached hydrogen (secondary N) is 4. The van der Waals surface area contributed by atoms with Crippen LogP contribution >= 0.6 is 0 Å². The van der Waals surface area contributed by atoms with E-state index in [0.29, 0.717) is 0 Å². The van der Waals surface area contributed by atoms with Gasteiger partial charge in [-0.1, -0.05) is 84.0 Å². The fraction of sp³-hybridized carbons (Fsp3) is 0.529. The van der Waals surface area contributed by atoms with Gasteiger partial charge in [-0.2, -0.15) is 0 Å². The Morgan fingerprint density at radius 2 is 1.36 bits per heavy atom. The third kappa shape index (κ3) is 11.0. The highest BCUT2D eigenvalue weighted by molar-refractivity contribution is 6.38. The van der Waals surface area contributed by atoms with Gasteiger partial charge in [0, 0.05) is 20.5 Å². The summed E-state index contributed by atoms with van der Waals surface area (Å²) in [5.74, 6) is -4.02. The van der Waals surface area contributed by atoms with Gasteiger partial charge in [-0.15, -0.1) is 0 Å². The molecule has 4 atom stereocenters. The molecule has 0 aliphatic heterocycles. The summed E-state index contributed by atoms with van der Waals surface area (Å²) < 4.78 is 0. The Labute approximate surface area is 266 Å². The Morgan fingerprint density at radius 3 is 1.93 bits per heavy atom. The zero-order valence-corrected chi connectivity index (χ0v) is 28.2. The summed E-state index contributed by atoms with van der Waals surface area (Å²) >= 11 is 0. The van der Waals surface area contributed by atoms with Crippen molar-refractivity contribution in [3.05, 3.63) is 48.0 Å². The molecule has 0 saturated carbocycles.